The van der Waals surface area contributed by atoms with Crippen molar-refractivity contribution in [1.82, 2.24) is 9.80 Å². The average Bonchev–Trinajstić information content (AvgIpc) is 2.60. The van der Waals surface area contributed by atoms with E-state index in [-0.39, 0.29) is 13.1 Å². The number of benzene rings is 2. The SMILES string of the molecule is [2H]C1([2H])CN(C([2H])(c2ccccc2)c2ccccc2)CC([2H])([2H])N1C. The molecular weight excluding hydrogens is 244 g/mol. The molecule has 0 unspecified atom stereocenters. The first-order valence-corrected chi connectivity index (χ1v) is 6.78. The molecule has 2 heteroatoms. The summed E-state index contributed by atoms with van der Waals surface area (Å²) in [6, 6.07) is 17.1. The van der Waals surface area contributed by atoms with E-state index in [9.17, 15) is 1.37 Å². The van der Waals surface area contributed by atoms with Crippen molar-refractivity contribution < 1.29 is 6.85 Å². The lowest BCUT2D eigenvalue weighted by molar-refractivity contribution is 0.127. The summed E-state index contributed by atoms with van der Waals surface area (Å²) in [5, 5.41) is 0. The van der Waals surface area contributed by atoms with Crippen molar-refractivity contribution in [2.24, 2.45) is 0 Å². The molecule has 0 spiro atoms. The largest absolute Gasteiger partial charge is 0.304 e. The zero-order valence-electron chi connectivity index (χ0n) is 16.6. The Balaban J connectivity index is 2.13. The van der Waals surface area contributed by atoms with Gasteiger partial charge in [0, 0.05) is 31.6 Å². The fourth-order valence-corrected chi connectivity index (χ4v) is 2.38. The van der Waals surface area contributed by atoms with Crippen molar-refractivity contribution in [1.29, 1.82) is 0 Å². The Labute approximate surface area is 128 Å². The lowest BCUT2D eigenvalue weighted by atomic mass is 9.96. The van der Waals surface area contributed by atoms with Gasteiger partial charge in [0.1, 0.15) is 0 Å². The highest BCUT2D eigenvalue weighted by Gasteiger charge is 2.24. The topological polar surface area (TPSA) is 6.48 Å². The normalized spacial score (nSPS) is 26.8. The van der Waals surface area contributed by atoms with E-state index in [0.717, 1.165) is 4.90 Å². The molecule has 2 aromatic rings. The van der Waals surface area contributed by atoms with Crippen LogP contribution in [0.15, 0.2) is 60.7 Å². The van der Waals surface area contributed by atoms with Gasteiger partial charge in [-0.05, 0) is 18.2 Å². The number of rotatable bonds is 3. The van der Waals surface area contributed by atoms with E-state index >= 15 is 0 Å². The Hall–Kier alpha value is -1.64. The second-order valence-corrected chi connectivity index (χ2v) is 4.81. The van der Waals surface area contributed by atoms with Gasteiger partial charge in [0.25, 0.3) is 0 Å². The summed E-state index contributed by atoms with van der Waals surface area (Å²) < 4.78 is 42.3. The number of nitrogens with zero attached hydrogens (tertiary/aromatic N) is 2. The summed E-state index contributed by atoms with van der Waals surface area (Å²) in [7, 11) is 1.45. The second kappa shape index (κ2) is 6.21. The molecule has 1 saturated heterocycles. The van der Waals surface area contributed by atoms with Gasteiger partial charge in [-0.2, -0.15) is 0 Å². The minimum atomic E-state index is -1.88. The molecule has 0 saturated carbocycles. The molecule has 0 amide bonds. The number of hydrogen-bond acceptors (Lipinski definition) is 2. The maximum atomic E-state index is 9.29. The first kappa shape index (κ1) is 8.60. The maximum absolute atomic E-state index is 9.29. The van der Waals surface area contributed by atoms with E-state index in [1.807, 2.05) is 60.7 Å². The Kier molecular flexibility index (Phi) is 2.67. The molecule has 0 aliphatic carbocycles. The molecule has 104 valence electrons. The third kappa shape index (κ3) is 2.92. The molecule has 3 rings (SSSR count). The van der Waals surface area contributed by atoms with Crippen LogP contribution >= 0.6 is 0 Å². The molecule has 0 bridgehead atoms. The molecule has 1 aliphatic heterocycles. The third-order valence-electron chi connectivity index (χ3n) is 3.41. The molecule has 2 aromatic carbocycles. The van der Waals surface area contributed by atoms with E-state index < -0.39 is 19.0 Å². The van der Waals surface area contributed by atoms with E-state index in [2.05, 4.69) is 0 Å². The van der Waals surface area contributed by atoms with Crippen molar-refractivity contribution in [3.05, 3.63) is 71.8 Å². The zero-order chi connectivity index (χ0) is 18.3. The predicted molar refractivity (Wildman–Crippen MR) is 83.8 cm³/mol. The van der Waals surface area contributed by atoms with Gasteiger partial charge in [-0.1, -0.05) is 60.7 Å². The molecule has 0 radical (unpaired) electrons. The minimum absolute atomic E-state index is 0.0592. The van der Waals surface area contributed by atoms with Crippen LogP contribution in [0, 0.1) is 0 Å². The Morgan fingerprint density at radius 3 is 1.80 bits per heavy atom. The van der Waals surface area contributed by atoms with Crippen LogP contribution in [0.25, 0.3) is 0 Å². The van der Waals surface area contributed by atoms with E-state index in [0.29, 0.717) is 11.1 Å². The first-order chi connectivity index (χ1) is 11.7. The molecule has 20 heavy (non-hydrogen) atoms. The summed E-state index contributed by atoms with van der Waals surface area (Å²) in [6.07, 6.45) is 0. The van der Waals surface area contributed by atoms with Crippen LogP contribution in [-0.2, 0) is 0 Å². The number of hydrogen-bond donors (Lipinski definition) is 0. The smallest absolute Gasteiger partial charge is 0.0602 e. The van der Waals surface area contributed by atoms with Gasteiger partial charge in [-0.25, -0.2) is 0 Å². The quantitative estimate of drug-likeness (QED) is 0.846. The van der Waals surface area contributed by atoms with Gasteiger partial charge in [0.2, 0.25) is 0 Å². The molecule has 0 N–H and O–H groups in total. The highest BCUT2D eigenvalue weighted by Crippen LogP contribution is 2.29. The summed E-state index contributed by atoms with van der Waals surface area (Å²) in [5.41, 5.74) is 1.38. The van der Waals surface area contributed by atoms with Crippen molar-refractivity contribution in [2.45, 2.75) is 6.02 Å². The zero-order valence-corrected chi connectivity index (χ0v) is 11.6. The molecule has 2 nitrogen and oxygen atoms in total. The van der Waals surface area contributed by atoms with Crippen molar-refractivity contribution in [3.63, 3.8) is 0 Å². The van der Waals surface area contributed by atoms with Gasteiger partial charge in [0.15, 0.2) is 0 Å². The summed E-state index contributed by atoms with van der Waals surface area (Å²) in [4.78, 5) is 2.71. The summed E-state index contributed by atoms with van der Waals surface area (Å²) in [5.74, 6) is 0. The maximum Gasteiger partial charge on any atom is 0.0602 e. The van der Waals surface area contributed by atoms with Crippen molar-refractivity contribution >= 4 is 0 Å². The standard InChI is InChI=1S/C18H22N2/c1-19-12-14-20(15-13-19)18(16-8-4-2-5-9-16)17-10-6-3-7-11-17/h2-11,18H,12-15H2,1H3/i12D2,13D2,18D. The molecular formula is C18H22N2. The predicted octanol–water partition coefficient (Wildman–Crippen LogP) is 3.02. The fraction of sp³-hybridized carbons (Fsp3) is 0.333. The van der Waals surface area contributed by atoms with Crippen molar-refractivity contribution in [3.8, 4) is 0 Å². The second-order valence-electron chi connectivity index (χ2n) is 4.81. The highest BCUT2D eigenvalue weighted by atomic mass is 15.3. The summed E-state index contributed by atoms with van der Waals surface area (Å²) in [6.45, 7) is -3.87. The number of piperazine rings is 1. The van der Waals surface area contributed by atoms with Crippen LogP contribution < -0.4 is 0 Å². The van der Waals surface area contributed by atoms with Gasteiger partial charge >= 0.3 is 0 Å². The van der Waals surface area contributed by atoms with Gasteiger partial charge in [-0.3, -0.25) is 4.90 Å². The van der Waals surface area contributed by atoms with Gasteiger partial charge in [0.05, 0.1) is 7.39 Å². The Morgan fingerprint density at radius 2 is 1.35 bits per heavy atom. The van der Waals surface area contributed by atoms with E-state index in [1.54, 1.807) is 4.90 Å². The molecule has 1 heterocycles. The first-order valence-electron chi connectivity index (χ1n) is 9.28. The van der Waals surface area contributed by atoms with E-state index in [1.165, 1.54) is 7.05 Å². The average molecular weight is 271 g/mol. The van der Waals surface area contributed by atoms with Crippen LogP contribution in [0.2, 0.25) is 0 Å². The monoisotopic (exact) mass is 271 g/mol. The van der Waals surface area contributed by atoms with Crippen LogP contribution in [0.5, 0.6) is 0 Å². The minimum Gasteiger partial charge on any atom is -0.304 e. The highest BCUT2D eigenvalue weighted by molar-refractivity contribution is 5.31. The molecule has 0 atom stereocenters. The lowest BCUT2D eigenvalue weighted by Gasteiger charge is -2.38. The third-order valence-corrected chi connectivity index (χ3v) is 3.41. The van der Waals surface area contributed by atoms with Crippen LogP contribution in [0.3, 0.4) is 0 Å². The van der Waals surface area contributed by atoms with Gasteiger partial charge in [-0.15, -0.1) is 0 Å². The van der Waals surface area contributed by atoms with E-state index in [4.69, 9.17) is 5.48 Å². The van der Waals surface area contributed by atoms with Gasteiger partial charge < -0.3 is 4.90 Å². The molecule has 0 aromatic heterocycles. The fourth-order valence-electron chi connectivity index (χ4n) is 2.38. The lowest BCUT2D eigenvalue weighted by Crippen LogP contribution is -2.46. The molecule has 1 fully saturated rings. The number of likely N-dealkylation sites (N-methyl/N-ethyl adjacent to an activating group) is 1. The Morgan fingerprint density at radius 1 is 0.900 bits per heavy atom. The van der Waals surface area contributed by atoms with Crippen LogP contribution in [0.4, 0.5) is 0 Å². The molecule has 1 aliphatic rings. The Bertz CT molecular complexity index is 663. The van der Waals surface area contributed by atoms with Crippen molar-refractivity contribution in [2.75, 3.05) is 33.1 Å². The van der Waals surface area contributed by atoms with Crippen LogP contribution in [0.1, 0.15) is 24.0 Å². The summed E-state index contributed by atoms with van der Waals surface area (Å²) >= 11 is 0. The van der Waals surface area contributed by atoms with Crippen LogP contribution in [-0.4, -0.2) is 42.9 Å².